The number of nitriles is 1. The summed E-state index contributed by atoms with van der Waals surface area (Å²) >= 11 is 5.85. The van der Waals surface area contributed by atoms with Crippen LogP contribution in [0, 0.1) is 11.3 Å². The summed E-state index contributed by atoms with van der Waals surface area (Å²) in [6.07, 6.45) is 0.650. The molecule has 0 heterocycles. The number of nitrogens with zero attached hydrogens (tertiary/aromatic N) is 1. The highest BCUT2D eigenvalue weighted by molar-refractivity contribution is 6.31. The summed E-state index contributed by atoms with van der Waals surface area (Å²) in [4.78, 5) is 23.7. The van der Waals surface area contributed by atoms with E-state index in [0.29, 0.717) is 11.4 Å². The van der Waals surface area contributed by atoms with Crippen LogP contribution >= 0.6 is 11.6 Å². The Hall–Kier alpha value is -3.04. The number of carbonyl (C=O) groups excluding carboxylic acids is 2. The zero-order chi connectivity index (χ0) is 18.9. The van der Waals surface area contributed by atoms with Crippen LogP contribution in [0.1, 0.15) is 17.5 Å². The van der Waals surface area contributed by atoms with Gasteiger partial charge in [-0.3, -0.25) is 9.59 Å². The van der Waals surface area contributed by atoms with Gasteiger partial charge in [0.15, 0.2) is 6.61 Å². The normalized spacial score (nSPS) is 9.88. The quantitative estimate of drug-likeness (QED) is 0.753. The average Bonchev–Trinajstić information content (AvgIpc) is 2.65. The second-order valence-electron chi connectivity index (χ2n) is 5.36. The van der Waals surface area contributed by atoms with Crippen molar-refractivity contribution in [3.8, 4) is 11.8 Å². The molecule has 1 amide bonds. The number of hydrogen-bond donors (Lipinski definition) is 1. The Balaban J connectivity index is 1.79. The summed E-state index contributed by atoms with van der Waals surface area (Å²) in [5, 5.41) is 11.9. The predicted molar refractivity (Wildman–Crippen MR) is 97.1 cm³/mol. The van der Waals surface area contributed by atoms with Crippen LogP contribution in [0.4, 0.5) is 5.69 Å². The van der Waals surface area contributed by atoms with Gasteiger partial charge in [0.2, 0.25) is 0 Å². The largest absolute Gasteiger partial charge is 0.497 e. The predicted octanol–water partition coefficient (Wildman–Crippen LogP) is 3.33. The molecule has 2 aromatic rings. The number of halogens is 1. The van der Waals surface area contributed by atoms with Crippen LogP contribution in [-0.4, -0.2) is 25.6 Å². The average molecular weight is 373 g/mol. The van der Waals surface area contributed by atoms with Crippen molar-refractivity contribution in [2.45, 2.75) is 12.8 Å². The molecular formula is C19H17ClN2O4. The molecule has 26 heavy (non-hydrogen) atoms. The summed E-state index contributed by atoms with van der Waals surface area (Å²) in [6, 6.07) is 13.8. The van der Waals surface area contributed by atoms with Crippen LogP contribution in [0.15, 0.2) is 42.5 Å². The van der Waals surface area contributed by atoms with E-state index in [1.165, 1.54) is 12.1 Å². The van der Waals surface area contributed by atoms with Crippen molar-refractivity contribution in [3.05, 3.63) is 58.6 Å². The molecule has 0 aliphatic heterocycles. The third-order valence-corrected chi connectivity index (χ3v) is 3.75. The molecule has 0 radical (unpaired) electrons. The lowest BCUT2D eigenvalue weighted by atomic mass is 10.1. The van der Waals surface area contributed by atoms with Gasteiger partial charge in [-0.2, -0.15) is 5.26 Å². The van der Waals surface area contributed by atoms with Crippen molar-refractivity contribution < 1.29 is 19.1 Å². The Morgan fingerprint density at radius 2 is 1.92 bits per heavy atom. The first-order chi connectivity index (χ1) is 12.5. The molecule has 6 nitrogen and oxygen atoms in total. The maximum atomic E-state index is 11.9. The van der Waals surface area contributed by atoms with Crippen LogP contribution in [0.3, 0.4) is 0 Å². The zero-order valence-corrected chi connectivity index (χ0v) is 14.9. The molecule has 0 saturated carbocycles. The van der Waals surface area contributed by atoms with Gasteiger partial charge in [0.25, 0.3) is 5.91 Å². The lowest BCUT2D eigenvalue weighted by Crippen LogP contribution is -2.21. The smallest absolute Gasteiger partial charge is 0.306 e. The maximum absolute atomic E-state index is 11.9. The van der Waals surface area contributed by atoms with Crippen LogP contribution in [0.5, 0.6) is 5.75 Å². The molecule has 1 N–H and O–H groups in total. The highest BCUT2D eigenvalue weighted by atomic mass is 35.5. The van der Waals surface area contributed by atoms with E-state index in [1.54, 1.807) is 13.2 Å². The minimum Gasteiger partial charge on any atom is -0.497 e. The maximum Gasteiger partial charge on any atom is 0.306 e. The summed E-state index contributed by atoms with van der Waals surface area (Å²) in [5.74, 6) is -0.283. The van der Waals surface area contributed by atoms with Crippen molar-refractivity contribution in [3.63, 3.8) is 0 Å². The van der Waals surface area contributed by atoms with Crippen LogP contribution < -0.4 is 10.1 Å². The Bertz CT molecular complexity index is 828. The van der Waals surface area contributed by atoms with Crippen molar-refractivity contribution in [2.24, 2.45) is 0 Å². The molecule has 0 unspecified atom stereocenters. The van der Waals surface area contributed by atoms with E-state index in [2.05, 4.69) is 5.32 Å². The molecule has 0 aliphatic rings. The lowest BCUT2D eigenvalue weighted by molar-refractivity contribution is -0.147. The number of nitrogens with one attached hydrogen (secondary N) is 1. The van der Waals surface area contributed by atoms with Gasteiger partial charge in [0, 0.05) is 11.4 Å². The minimum atomic E-state index is -0.540. The zero-order valence-electron chi connectivity index (χ0n) is 14.1. The number of methoxy groups -OCH3 is 1. The molecule has 0 fully saturated rings. The molecule has 2 aromatic carbocycles. The van der Waals surface area contributed by atoms with Gasteiger partial charge >= 0.3 is 5.97 Å². The van der Waals surface area contributed by atoms with Crippen LogP contribution in [-0.2, 0) is 20.7 Å². The highest BCUT2D eigenvalue weighted by Crippen LogP contribution is 2.20. The SMILES string of the molecule is COc1ccc(CCC(=O)OCC(=O)Nc2cc(Cl)ccc2C#N)cc1. The molecule has 0 aromatic heterocycles. The molecule has 134 valence electrons. The molecule has 0 saturated heterocycles. The number of carbonyl (C=O) groups is 2. The fourth-order valence-electron chi connectivity index (χ4n) is 2.16. The summed E-state index contributed by atoms with van der Waals surface area (Å²) in [6.45, 7) is -0.432. The number of aryl methyl sites for hydroxylation is 1. The second-order valence-corrected chi connectivity index (χ2v) is 5.80. The number of rotatable bonds is 7. The first-order valence-corrected chi connectivity index (χ1v) is 8.17. The molecule has 0 spiro atoms. The third-order valence-electron chi connectivity index (χ3n) is 3.52. The van der Waals surface area contributed by atoms with Crippen LogP contribution in [0.25, 0.3) is 0 Å². The van der Waals surface area contributed by atoms with Crippen LogP contribution in [0.2, 0.25) is 5.02 Å². The van der Waals surface area contributed by atoms with Gasteiger partial charge in [-0.25, -0.2) is 0 Å². The van der Waals surface area contributed by atoms with Crippen molar-refractivity contribution >= 4 is 29.2 Å². The fraction of sp³-hybridized carbons (Fsp3) is 0.211. The number of ether oxygens (including phenoxy) is 2. The van der Waals surface area contributed by atoms with Crippen molar-refractivity contribution in [1.82, 2.24) is 0 Å². The van der Waals surface area contributed by atoms with Crippen molar-refractivity contribution in [1.29, 1.82) is 5.26 Å². The summed E-state index contributed by atoms with van der Waals surface area (Å²) in [5.41, 5.74) is 1.51. The van der Waals surface area contributed by atoms with Gasteiger partial charge < -0.3 is 14.8 Å². The Morgan fingerprint density at radius 3 is 2.58 bits per heavy atom. The standard InChI is InChI=1S/C19H17ClN2O4/c1-25-16-7-2-13(3-8-16)4-9-19(24)26-12-18(23)22-17-10-15(20)6-5-14(17)11-21/h2-3,5-8,10H,4,9,12H2,1H3,(H,22,23). The topological polar surface area (TPSA) is 88.4 Å². The number of esters is 1. The summed E-state index contributed by atoms with van der Waals surface area (Å²) < 4.78 is 10.0. The fourth-order valence-corrected chi connectivity index (χ4v) is 2.33. The molecular weight excluding hydrogens is 356 g/mol. The molecule has 2 rings (SSSR count). The number of benzene rings is 2. The Kier molecular flexibility index (Phi) is 7.01. The van der Waals surface area contributed by atoms with Gasteiger partial charge in [0.1, 0.15) is 11.8 Å². The van der Waals surface area contributed by atoms with Gasteiger partial charge in [-0.1, -0.05) is 23.7 Å². The molecule has 0 atom stereocenters. The minimum absolute atomic E-state index is 0.153. The molecule has 0 aliphatic carbocycles. The second kappa shape index (κ2) is 9.44. The third kappa shape index (κ3) is 5.80. The van der Waals surface area contributed by atoms with Gasteiger partial charge in [-0.15, -0.1) is 0 Å². The van der Waals surface area contributed by atoms with E-state index in [1.807, 2.05) is 30.3 Å². The first kappa shape index (κ1) is 19.3. The van der Waals surface area contributed by atoms with Crippen molar-refractivity contribution in [2.75, 3.05) is 19.0 Å². The van der Waals surface area contributed by atoms with E-state index in [4.69, 9.17) is 26.3 Å². The Morgan fingerprint density at radius 1 is 1.19 bits per heavy atom. The van der Waals surface area contributed by atoms with E-state index in [0.717, 1.165) is 11.3 Å². The molecule has 0 bridgehead atoms. The lowest BCUT2D eigenvalue weighted by Gasteiger charge is -2.08. The molecule has 7 heteroatoms. The highest BCUT2D eigenvalue weighted by Gasteiger charge is 2.11. The summed E-state index contributed by atoms with van der Waals surface area (Å²) in [7, 11) is 1.58. The number of hydrogen-bond acceptors (Lipinski definition) is 5. The van der Waals surface area contributed by atoms with E-state index < -0.39 is 18.5 Å². The Labute approximate surface area is 156 Å². The number of anilines is 1. The monoisotopic (exact) mass is 372 g/mol. The van der Waals surface area contributed by atoms with E-state index in [9.17, 15) is 9.59 Å². The number of amides is 1. The van der Waals surface area contributed by atoms with Gasteiger partial charge in [-0.05, 0) is 42.3 Å². The van der Waals surface area contributed by atoms with Gasteiger partial charge in [0.05, 0.1) is 18.4 Å². The first-order valence-electron chi connectivity index (χ1n) is 7.80. The van der Waals surface area contributed by atoms with E-state index in [-0.39, 0.29) is 17.7 Å². The van der Waals surface area contributed by atoms with E-state index >= 15 is 0 Å².